The molecule has 1 spiro atoms. The molecule has 2 aromatic rings. The number of carbonyl (C=O) groups is 2. The second-order valence-electron chi connectivity index (χ2n) is 30.2. The van der Waals surface area contributed by atoms with Gasteiger partial charge in [0.25, 0.3) is 0 Å². The van der Waals surface area contributed by atoms with Gasteiger partial charge in [0.2, 0.25) is 5.91 Å². The van der Waals surface area contributed by atoms with E-state index in [4.69, 9.17) is 20.2 Å². The number of aliphatic hydroxyl groups excluding tert-OH is 8. The van der Waals surface area contributed by atoms with Crippen molar-refractivity contribution in [2.75, 3.05) is 31.7 Å². The number of aromatic amines is 2. The average Bonchev–Trinajstić information content (AvgIpc) is 1.12. The Morgan fingerprint density at radius 3 is 2.41 bits per heavy atom. The average molecular weight is 1180 g/mol. The number of allylic oxidation sites excluding steroid dienone is 3. The number of carboxylic acid groups (broad SMARTS) is 1. The molecule has 6 saturated carbocycles. The van der Waals surface area contributed by atoms with Gasteiger partial charge in [-0.2, -0.15) is 0 Å². The number of ether oxygens (including phenoxy) is 2. The zero-order valence-corrected chi connectivity index (χ0v) is 49.6. The first kappa shape index (κ1) is 58.4. The summed E-state index contributed by atoms with van der Waals surface area (Å²) in [4.78, 5) is 47.0. The second kappa shape index (κ2) is 20.1. The number of nitrogens with two attached hydrogens (primary N) is 1. The fourth-order valence-corrected chi connectivity index (χ4v) is 23.5. The molecule has 9 aliphatic carbocycles. The number of rotatable bonds is 10. The van der Waals surface area contributed by atoms with Gasteiger partial charge in [0.15, 0.2) is 6.29 Å². The number of nitrogens with zero attached hydrogens (tertiary/aromatic N) is 2. The number of hydrogen-bond acceptors (Lipinski definition) is 16. The number of fused-ring (bicyclic) bond motifs is 9. The summed E-state index contributed by atoms with van der Waals surface area (Å²) in [6.45, 7) is 8.45. The molecule has 464 valence electrons. The van der Waals surface area contributed by atoms with E-state index in [-0.39, 0.29) is 49.2 Å². The van der Waals surface area contributed by atoms with Gasteiger partial charge in [-0.25, -0.2) is 9.97 Å². The van der Waals surface area contributed by atoms with Crippen LogP contribution in [0.3, 0.4) is 0 Å². The molecule has 2 saturated heterocycles. The van der Waals surface area contributed by atoms with Crippen molar-refractivity contribution in [3.8, 4) is 11.8 Å². The van der Waals surface area contributed by atoms with Gasteiger partial charge in [0, 0.05) is 60.5 Å². The zero-order chi connectivity index (χ0) is 59.8. The topological polar surface area (TPSA) is 342 Å². The van der Waals surface area contributed by atoms with E-state index < -0.39 is 153 Å². The Bertz CT molecular complexity index is 3070. The quantitative estimate of drug-likeness (QED) is 0.0703. The molecule has 12 aliphatic rings. The molecule has 27 atom stereocenters. The Hall–Kier alpha value is -4.24. The van der Waals surface area contributed by atoms with E-state index in [0.29, 0.717) is 75.8 Å². The van der Waals surface area contributed by atoms with E-state index in [0.717, 1.165) is 43.4 Å². The zero-order valence-electron chi connectivity index (χ0n) is 49.6. The van der Waals surface area contributed by atoms with Crippen LogP contribution in [0.4, 0.5) is 5.82 Å². The predicted molar refractivity (Wildman–Crippen MR) is 307 cm³/mol. The normalized spacial score (nSPS) is 51.0. The van der Waals surface area contributed by atoms with Crippen LogP contribution in [0, 0.1) is 115 Å². The lowest BCUT2D eigenvalue weighted by molar-refractivity contribution is -0.357. The maximum absolute atomic E-state index is 16.1. The van der Waals surface area contributed by atoms with Crippen molar-refractivity contribution >= 4 is 17.7 Å². The van der Waals surface area contributed by atoms with Crippen LogP contribution in [0.15, 0.2) is 42.7 Å². The summed E-state index contributed by atoms with van der Waals surface area (Å²) in [6.07, 6.45) is 8.61. The van der Waals surface area contributed by atoms with E-state index in [2.05, 4.69) is 70.3 Å². The largest absolute Gasteiger partial charge is 0.481 e. The van der Waals surface area contributed by atoms with E-state index in [1.807, 2.05) is 13.0 Å². The van der Waals surface area contributed by atoms with Gasteiger partial charge < -0.3 is 81.8 Å². The molecule has 0 radical (unpaired) electrons. The molecule has 2 aromatic heterocycles. The molecule has 0 bridgehead atoms. The lowest BCUT2D eigenvalue weighted by Crippen LogP contribution is -2.78. The SMILES string of the molecule is CC1(CO)CCC2(C(=O)O)C(C1)C1=CC3C#CC4CCCC45C(=O)NC4C5C(C=CC4(c4cnc[nH]4)C(O)CC(N)O)C4C(O)C(OC5OCC(O)C(O)C5O)C(C)(CO)C5CCC(C)(C3C45C3CCCCC3)C1(C)C1Cc3[nH]cnc3NCC12. The first-order chi connectivity index (χ1) is 40.6. The van der Waals surface area contributed by atoms with Crippen molar-refractivity contribution in [3.05, 3.63) is 54.0 Å². The monoisotopic (exact) mass is 1180 g/mol. The number of imidazole rings is 2. The molecule has 85 heavy (non-hydrogen) atoms. The molecular weight excluding hydrogens is 1090 g/mol. The van der Waals surface area contributed by atoms with E-state index in [1.165, 1.54) is 6.33 Å². The first-order valence-electron chi connectivity index (χ1n) is 32.1. The molecule has 20 nitrogen and oxygen atoms in total. The lowest BCUT2D eigenvalue weighted by Gasteiger charge is -2.78. The van der Waals surface area contributed by atoms with Crippen molar-refractivity contribution < 1.29 is 65.0 Å². The number of carbonyl (C=O) groups excluding carboxylic acids is 1. The van der Waals surface area contributed by atoms with Crippen LogP contribution in [-0.4, -0.2) is 159 Å². The van der Waals surface area contributed by atoms with Gasteiger partial charge >= 0.3 is 5.97 Å². The maximum Gasteiger partial charge on any atom is 0.310 e. The molecule has 14 rings (SSSR count). The molecule has 20 heteroatoms. The Morgan fingerprint density at radius 2 is 1.69 bits per heavy atom. The van der Waals surface area contributed by atoms with Gasteiger partial charge in [-0.3, -0.25) is 9.59 Å². The van der Waals surface area contributed by atoms with Gasteiger partial charge in [-0.15, -0.1) is 0 Å². The van der Waals surface area contributed by atoms with Crippen molar-refractivity contribution in [2.45, 2.75) is 185 Å². The number of aliphatic carboxylic acids is 1. The molecule has 27 unspecified atom stereocenters. The third-order valence-corrected chi connectivity index (χ3v) is 27.2. The standard InChI is InChI=1S/C65H91N7O13/c1-58(28-73)19-20-63(57(82)83)38(24-58)36-21-32-12-13-33-11-8-16-62(33)47-35(14-18-64(43-26-67-30-70-43,44(76)23-45(66)77)52(47)72-56(62)81)46-49(79)53(85-55-50(80)48(78)41(75)27-84-55)59(2,29-74)42-15-17-60(3,51(32)65(42,46)34-9-6-5-7-10-34)61(36,4)37-22-40-54(71-31-69-40)68-25-39(37)63/h14,18,21,26,30-35,37-39,41-42,44-53,55,68,73-80H,5-11,15-17,19-20,22-25,27-29,66H2,1-4H3,(H,67,70)(H,69,71)(H,72,81)(H,82,83). The fourth-order valence-electron chi connectivity index (χ4n) is 23.5. The van der Waals surface area contributed by atoms with Gasteiger partial charge in [0.1, 0.15) is 30.4 Å². The van der Waals surface area contributed by atoms with Gasteiger partial charge in [-0.05, 0) is 127 Å². The molecule has 0 aromatic carbocycles. The Kier molecular flexibility index (Phi) is 13.8. The number of amides is 1. The van der Waals surface area contributed by atoms with Crippen molar-refractivity contribution in [1.29, 1.82) is 0 Å². The summed E-state index contributed by atoms with van der Waals surface area (Å²) in [7, 11) is 0. The summed E-state index contributed by atoms with van der Waals surface area (Å²) in [5, 5.41) is 116. The van der Waals surface area contributed by atoms with E-state index in [9.17, 15) is 50.8 Å². The predicted octanol–water partition coefficient (Wildman–Crippen LogP) is 3.26. The number of carboxylic acids is 1. The number of aliphatic hydroxyl groups is 8. The maximum atomic E-state index is 16.1. The summed E-state index contributed by atoms with van der Waals surface area (Å²) in [5.74, 6) is 2.49. The summed E-state index contributed by atoms with van der Waals surface area (Å²) < 4.78 is 13.2. The van der Waals surface area contributed by atoms with Crippen molar-refractivity contribution in [2.24, 2.45) is 109 Å². The third kappa shape index (κ3) is 7.49. The molecular formula is C65H91N7O13. The third-order valence-electron chi connectivity index (χ3n) is 27.2. The minimum absolute atomic E-state index is 0.0949. The highest BCUT2D eigenvalue weighted by molar-refractivity contribution is 5.88. The highest BCUT2D eigenvalue weighted by Crippen LogP contribution is 2.83. The Labute approximate surface area is 497 Å². The summed E-state index contributed by atoms with van der Waals surface area (Å²) >= 11 is 0. The fraction of sp³-hybridized carbons (Fsp3) is 0.785. The Balaban J connectivity index is 1.09. The van der Waals surface area contributed by atoms with Crippen LogP contribution in [0.2, 0.25) is 0 Å². The lowest BCUT2D eigenvalue weighted by atomic mass is 9.25. The number of anilines is 1. The minimum Gasteiger partial charge on any atom is -0.481 e. The van der Waals surface area contributed by atoms with Gasteiger partial charge in [-0.1, -0.05) is 89.0 Å². The molecule has 15 N–H and O–H groups in total. The highest BCUT2D eigenvalue weighted by atomic mass is 16.7. The van der Waals surface area contributed by atoms with E-state index in [1.54, 1.807) is 12.5 Å². The minimum atomic E-state index is -1.72. The second-order valence-corrected chi connectivity index (χ2v) is 30.2. The molecule has 1 amide bonds. The van der Waals surface area contributed by atoms with Crippen molar-refractivity contribution in [1.82, 2.24) is 25.3 Å². The summed E-state index contributed by atoms with van der Waals surface area (Å²) in [6, 6.07) is -0.857. The summed E-state index contributed by atoms with van der Waals surface area (Å²) in [5.41, 5.74) is 0.580. The molecule has 3 aliphatic heterocycles. The Morgan fingerprint density at radius 1 is 0.906 bits per heavy atom. The number of aromatic nitrogens is 4. The van der Waals surface area contributed by atoms with Crippen LogP contribution in [0.25, 0.3) is 0 Å². The van der Waals surface area contributed by atoms with E-state index >= 15 is 4.79 Å². The van der Waals surface area contributed by atoms with Crippen LogP contribution in [-0.2, 0) is 30.9 Å². The van der Waals surface area contributed by atoms with Crippen LogP contribution in [0.5, 0.6) is 0 Å². The van der Waals surface area contributed by atoms with Crippen LogP contribution < -0.4 is 16.4 Å². The molecule has 8 fully saturated rings. The number of H-pyrrole nitrogens is 2. The van der Waals surface area contributed by atoms with Crippen LogP contribution in [0.1, 0.15) is 129 Å². The van der Waals surface area contributed by atoms with Crippen LogP contribution >= 0.6 is 0 Å². The smallest absolute Gasteiger partial charge is 0.310 e. The van der Waals surface area contributed by atoms with Crippen molar-refractivity contribution in [3.63, 3.8) is 0 Å². The number of hydrogen-bond donors (Lipinski definition) is 14. The molecule has 5 heterocycles. The number of nitrogens with one attached hydrogen (secondary N) is 4. The van der Waals surface area contributed by atoms with Gasteiger partial charge in [0.05, 0.1) is 72.2 Å². The highest BCUT2D eigenvalue weighted by Gasteiger charge is 2.82. The first-order valence-corrected chi connectivity index (χ1v) is 32.1.